The van der Waals surface area contributed by atoms with Crippen LogP contribution in [0.2, 0.25) is 0 Å². The Morgan fingerprint density at radius 1 is 1.30 bits per heavy atom. The number of morpholine rings is 1. The molecule has 6 heteroatoms. The lowest BCUT2D eigenvalue weighted by Crippen LogP contribution is -2.41. The summed E-state index contributed by atoms with van der Waals surface area (Å²) in [7, 11) is 2.03. The molecule has 112 valence electrons. The minimum absolute atomic E-state index is 0.0955. The number of likely N-dealkylation sites (N-methyl/N-ethyl adjacent to an activating group) is 1. The predicted molar refractivity (Wildman–Crippen MR) is 78.3 cm³/mol. The number of rotatable bonds is 6. The average Bonchev–Trinajstić information content (AvgIpc) is 2.46. The number of hydrogen-bond acceptors (Lipinski definition) is 6. The SMILES string of the molecule is CC(C)Oc1nccnc1N(C)CCN1CCOCC1. The zero-order valence-electron chi connectivity index (χ0n) is 12.6. The summed E-state index contributed by atoms with van der Waals surface area (Å²) in [6.45, 7) is 9.55. The van der Waals surface area contributed by atoms with E-state index >= 15 is 0 Å². The zero-order chi connectivity index (χ0) is 14.4. The summed E-state index contributed by atoms with van der Waals surface area (Å²) in [5.41, 5.74) is 0. The van der Waals surface area contributed by atoms with Gasteiger partial charge in [-0.05, 0) is 13.8 Å². The molecule has 0 bridgehead atoms. The van der Waals surface area contributed by atoms with E-state index in [9.17, 15) is 0 Å². The van der Waals surface area contributed by atoms with E-state index in [1.165, 1.54) is 0 Å². The van der Waals surface area contributed by atoms with Crippen LogP contribution in [-0.4, -0.2) is 67.4 Å². The van der Waals surface area contributed by atoms with Crippen LogP contribution < -0.4 is 9.64 Å². The molecule has 0 N–H and O–H groups in total. The third kappa shape index (κ3) is 4.31. The molecule has 1 aliphatic rings. The van der Waals surface area contributed by atoms with Crippen LogP contribution in [0.25, 0.3) is 0 Å². The van der Waals surface area contributed by atoms with E-state index in [1.807, 2.05) is 20.9 Å². The monoisotopic (exact) mass is 280 g/mol. The van der Waals surface area contributed by atoms with E-state index in [-0.39, 0.29) is 6.10 Å². The van der Waals surface area contributed by atoms with Crippen molar-refractivity contribution >= 4 is 5.82 Å². The van der Waals surface area contributed by atoms with E-state index in [2.05, 4.69) is 19.8 Å². The largest absolute Gasteiger partial charge is 0.472 e. The highest BCUT2D eigenvalue weighted by molar-refractivity contribution is 5.47. The molecule has 1 aromatic heterocycles. The van der Waals surface area contributed by atoms with Gasteiger partial charge in [-0.1, -0.05) is 0 Å². The highest BCUT2D eigenvalue weighted by Gasteiger charge is 2.15. The van der Waals surface area contributed by atoms with Crippen LogP contribution in [0.1, 0.15) is 13.8 Å². The maximum Gasteiger partial charge on any atom is 0.257 e. The second kappa shape index (κ2) is 7.40. The minimum Gasteiger partial charge on any atom is -0.472 e. The van der Waals surface area contributed by atoms with Crippen molar-refractivity contribution < 1.29 is 9.47 Å². The summed E-state index contributed by atoms with van der Waals surface area (Å²) < 4.78 is 11.1. The summed E-state index contributed by atoms with van der Waals surface area (Å²) >= 11 is 0. The molecule has 20 heavy (non-hydrogen) atoms. The molecule has 1 fully saturated rings. The van der Waals surface area contributed by atoms with Gasteiger partial charge in [0.1, 0.15) is 0 Å². The molecule has 6 nitrogen and oxygen atoms in total. The quantitative estimate of drug-likeness (QED) is 0.776. The van der Waals surface area contributed by atoms with E-state index in [0.717, 1.165) is 45.2 Å². The first-order chi connectivity index (χ1) is 9.66. The molecular formula is C14H24N4O2. The van der Waals surface area contributed by atoms with E-state index in [4.69, 9.17) is 9.47 Å². The van der Waals surface area contributed by atoms with Crippen molar-refractivity contribution in [1.29, 1.82) is 0 Å². The van der Waals surface area contributed by atoms with Crippen molar-refractivity contribution in [2.45, 2.75) is 20.0 Å². The van der Waals surface area contributed by atoms with E-state index < -0.39 is 0 Å². The van der Waals surface area contributed by atoms with E-state index in [1.54, 1.807) is 12.4 Å². The maximum absolute atomic E-state index is 5.71. The van der Waals surface area contributed by atoms with Gasteiger partial charge in [-0.2, -0.15) is 0 Å². The Kier molecular flexibility index (Phi) is 5.55. The Labute approximate surface area is 120 Å². The topological polar surface area (TPSA) is 50.7 Å². The van der Waals surface area contributed by atoms with Crippen LogP contribution in [0.5, 0.6) is 5.88 Å². The molecule has 0 saturated carbocycles. The van der Waals surface area contributed by atoms with Crippen molar-refractivity contribution in [3.05, 3.63) is 12.4 Å². The van der Waals surface area contributed by atoms with Crippen LogP contribution in [-0.2, 0) is 4.74 Å². The summed E-state index contributed by atoms with van der Waals surface area (Å²) in [5.74, 6) is 1.40. The van der Waals surface area contributed by atoms with Gasteiger partial charge in [0.05, 0.1) is 19.3 Å². The molecule has 1 aromatic rings. The fourth-order valence-corrected chi connectivity index (χ4v) is 2.11. The molecule has 0 atom stereocenters. The van der Waals surface area contributed by atoms with E-state index in [0.29, 0.717) is 5.88 Å². The number of anilines is 1. The second-order valence-electron chi connectivity index (χ2n) is 5.23. The fourth-order valence-electron chi connectivity index (χ4n) is 2.11. The van der Waals surface area contributed by atoms with Crippen molar-refractivity contribution in [3.8, 4) is 5.88 Å². The summed E-state index contributed by atoms with van der Waals surface area (Å²) in [4.78, 5) is 13.2. The maximum atomic E-state index is 5.71. The number of ether oxygens (including phenoxy) is 2. The fraction of sp³-hybridized carbons (Fsp3) is 0.714. The Hall–Kier alpha value is -1.40. The van der Waals surface area contributed by atoms with Gasteiger partial charge in [0, 0.05) is 45.6 Å². The number of hydrogen-bond donors (Lipinski definition) is 0. The Balaban J connectivity index is 1.92. The Bertz CT molecular complexity index is 408. The first-order valence-corrected chi connectivity index (χ1v) is 7.15. The summed E-state index contributed by atoms with van der Waals surface area (Å²) in [5, 5.41) is 0. The summed E-state index contributed by atoms with van der Waals surface area (Å²) in [6.07, 6.45) is 3.46. The third-order valence-corrected chi connectivity index (χ3v) is 3.21. The third-order valence-electron chi connectivity index (χ3n) is 3.21. The second-order valence-corrected chi connectivity index (χ2v) is 5.23. The molecule has 0 aromatic carbocycles. The van der Waals surface area contributed by atoms with Crippen molar-refractivity contribution in [1.82, 2.24) is 14.9 Å². The predicted octanol–water partition coefficient (Wildman–Crippen LogP) is 1.03. The minimum atomic E-state index is 0.0955. The van der Waals surface area contributed by atoms with Crippen molar-refractivity contribution in [2.24, 2.45) is 0 Å². The molecular weight excluding hydrogens is 256 g/mol. The Morgan fingerprint density at radius 2 is 2.00 bits per heavy atom. The lowest BCUT2D eigenvalue weighted by atomic mass is 10.4. The van der Waals surface area contributed by atoms with Crippen LogP contribution in [0.4, 0.5) is 5.82 Å². The molecule has 2 heterocycles. The van der Waals surface area contributed by atoms with Gasteiger partial charge in [-0.15, -0.1) is 0 Å². The molecule has 0 unspecified atom stereocenters. The molecule has 0 aliphatic carbocycles. The Morgan fingerprint density at radius 3 is 2.70 bits per heavy atom. The smallest absolute Gasteiger partial charge is 0.257 e. The van der Waals surface area contributed by atoms with Crippen LogP contribution in [0, 0.1) is 0 Å². The normalized spacial score (nSPS) is 16.4. The highest BCUT2D eigenvalue weighted by Crippen LogP contribution is 2.22. The molecule has 1 saturated heterocycles. The first kappa shape index (κ1) is 15.0. The van der Waals surface area contributed by atoms with Gasteiger partial charge < -0.3 is 14.4 Å². The number of nitrogens with zero attached hydrogens (tertiary/aromatic N) is 4. The number of aromatic nitrogens is 2. The molecule has 0 spiro atoms. The summed E-state index contributed by atoms with van der Waals surface area (Å²) in [6, 6.07) is 0. The molecule has 2 rings (SSSR count). The average molecular weight is 280 g/mol. The van der Waals surface area contributed by atoms with Gasteiger partial charge in [0.15, 0.2) is 5.82 Å². The van der Waals surface area contributed by atoms with Gasteiger partial charge in [0.25, 0.3) is 5.88 Å². The molecule has 0 amide bonds. The van der Waals surface area contributed by atoms with Gasteiger partial charge >= 0.3 is 0 Å². The van der Waals surface area contributed by atoms with Crippen LogP contribution in [0.3, 0.4) is 0 Å². The lowest BCUT2D eigenvalue weighted by molar-refractivity contribution is 0.0392. The molecule has 0 radical (unpaired) electrons. The lowest BCUT2D eigenvalue weighted by Gasteiger charge is -2.29. The zero-order valence-corrected chi connectivity index (χ0v) is 12.6. The first-order valence-electron chi connectivity index (χ1n) is 7.15. The van der Waals surface area contributed by atoms with Gasteiger partial charge in [-0.3, -0.25) is 4.90 Å². The van der Waals surface area contributed by atoms with Crippen LogP contribution in [0.15, 0.2) is 12.4 Å². The van der Waals surface area contributed by atoms with Crippen molar-refractivity contribution in [2.75, 3.05) is 51.3 Å². The van der Waals surface area contributed by atoms with Crippen LogP contribution >= 0.6 is 0 Å². The van der Waals surface area contributed by atoms with Gasteiger partial charge in [-0.25, -0.2) is 9.97 Å². The highest BCUT2D eigenvalue weighted by atomic mass is 16.5. The standard InChI is InChI=1S/C14H24N4O2/c1-12(2)20-14-13(15-4-5-16-14)17(3)6-7-18-8-10-19-11-9-18/h4-5,12H,6-11H2,1-3H3. The van der Waals surface area contributed by atoms with Gasteiger partial charge in [0.2, 0.25) is 0 Å². The molecule has 1 aliphatic heterocycles. The van der Waals surface area contributed by atoms with Crippen molar-refractivity contribution in [3.63, 3.8) is 0 Å².